The topological polar surface area (TPSA) is 55.8 Å². The lowest BCUT2D eigenvalue weighted by atomic mass is 9.84. The average Bonchev–Trinajstić information content (AvgIpc) is 3.64. The Balaban J connectivity index is 1.39. The fraction of sp³-hybridized carbons (Fsp3) is 0.424. The number of benzene rings is 3. The molecular weight excluding hydrogens is 479 g/mol. The van der Waals surface area contributed by atoms with Gasteiger partial charge in [0.05, 0.1) is 13.5 Å². The fourth-order valence-corrected chi connectivity index (χ4v) is 6.03. The normalized spacial score (nSPS) is 19.8. The van der Waals surface area contributed by atoms with Crippen LogP contribution in [0.5, 0.6) is 11.5 Å². The fourth-order valence-electron chi connectivity index (χ4n) is 6.03. The molecule has 0 bridgehead atoms. The highest BCUT2D eigenvalue weighted by Crippen LogP contribution is 2.44. The maximum absolute atomic E-state index is 15.0. The van der Waals surface area contributed by atoms with Crippen molar-refractivity contribution < 1.29 is 23.8 Å². The van der Waals surface area contributed by atoms with Crippen LogP contribution in [0.25, 0.3) is 11.1 Å². The summed E-state index contributed by atoms with van der Waals surface area (Å²) in [6, 6.07) is 19.0. The molecule has 3 aromatic rings. The number of aliphatic carboxylic acids is 1. The van der Waals surface area contributed by atoms with Crippen LogP contribution in [0.15, 0.2) is 60.7 Å². The lowest BCUT2D eigenvalue weighted by molar-refractivity contribution is -0.137. The van der Waals surface area contributed by atoms with Gasteiger partial charge in [-0.1, -0.05) is 62.9 Å². The Morgan fingerprint density at radius 1 is 1.00 bits per heavy atom. The van der Waals surface area contributed by atoms with E-state index >= 15 is 0 Å². The molecule has 2 aliphatic rings. The van der Waals surface area contributed by atoms with Crippen molar-refractivity contribution in [1.29, 1.82) is 0 Å². The molecule has 4 nitrogen and oxygen atoms in total. The van der Waals surface area contributed by atoms with E-state index < -0.39 is 5.97 Å². The van der Waals surface area contributed by atoms with Crippen LogP contribution in [0, 0.1) is 17.7 Å². The molecular formula is C33H37FO4. The minimum absolute atomic E-state index is 0.0102. The monoisotopic (exact) mass is 516 g/mol. The smallest absolute Gasteiger partial charge is 0.303 e. The van der Waals surface area contributed by atoms with E-state index in [4.69, 9.17) is 9.47 Å². The SMILES string of the molecule is COc1ccc(F)c(-c2ccc(COc3cccc([C@H](CC(=O)O)CC4CC4)c3)cc2[C@H]2CCC[C@@H]2C)c1. The van der Waals surface area contributed by atoms with Crippen molar-refractivity contribution >= 4 is 5.97 Å². The molecule has 2 aliphatic carbocycles. The molecule has 3 atom stereocenters. The maximum atomic E-state index is 15.0. The van der Waals surface area contributed by atoms with Gasteiger partial charge in [-0.25, -0.2) is 4.39 Å². The molecule has 0 unspecified atom stereocenters. The predicted molar refractivity (Wildman–Crippen MR) is 147 cm³/mol. The lowest BCUT2D eigenvalue weighted by Crippen LogP contribution is -2.08. The summed E-state index contributed by atoms with van der Waals surface area (Å²) in [5, 5.41) is 9.42. The molecule has 0 amide bonds. The summed E-state index contributed by atoms with van der Waals surface area (Å²) in [5.41, 5.74) is 4.72. The molecule has 200 valence electrons. The van der Waals surface area contributed by atoms with Crippen molar-refractivity contribution in [2.75, 3.05) is 7.11 Å². The van der Waals surface area contributed by atoms with Crippen LogP contribution in [-0.2, 0) is 11.4 Å². The third kappa shape index (κ3) is 6.20. The number of halogens is 1. The van der Waals surface area contributed by atoms with Gasteiger partial charge >= 0.3 is 5.97 Å². The van der Waals surface area contributed by atoms with Gasteiger partial charge < -0.3 is 14.6 Å². The van der Waals surface area contributed by atoms with E-state index in [9.17, 15) is 14.3 Å². The highest BCUT2D eigenvalue weighted by molar-refractivity contribution is 5.71. The highest BCUT2D eigenvalue weighted by atomic mass is 19.1. The number of carboxylic acid groups (broad SMARTS) is 1. The number of carbonyl (C=O) groups is 1. The molecule has 0 saturated heterocycles. The Labute approximate surface area is 224 Å². The summed E-state index contributed by atoms with van der Waals surface area (Å²) in [4.78, 5) is 11.5. The van der Waals surface area contributed by atoms with Crippen molar-refractivity contribution in [3.63, 3.8) is 0 Å². The highest BCUT2D eigenvalue weighted by Gasteiger charge is 2.29. The van der Waals surface area contributed by atoms with Crippen LogP contribution in [0.1, 0.15) is 80.4 Å². The van der Waals surface area contributed by atoms with Crippen LogP contribution >= 0.6 is 0 Å². The molecule has 2 fully saturated rings. The first kappa shape index (κ1) is 26.3. The van der Waals surface area contributed by atoms with Crippen molar-refractivity contribution in [3.05, 3.63) is 83.2 Å². The Kier molecular flexibility index (Phi) is 8.01. The Bertz CT molecular complexity index is 1280. The van der Waals surface area contributed by atoms with Crippen molar-refractivity contribution in [2.24, 2.45) is 11.8 Å². The summed E-state index contributed by atoms with van der Waals surface area (Å²) in [6.07, 6.45) is 6.91. The molecule has 0 radical (unpaired) electrons. The number of ether oxygens (including phenoxy) is 2. The Morgan fingerprint density at radius 2 is 1.84 bits per heavy atom. The van der Waals surface area contributed by atoms with Gasteiger partial charge in [-0.15, -0.1) is 0 Å². The van der Waals surface area contributed by atoms with Gasteiger partial charge in [0.1, 0.15) is 23.9 Å². The van der Waals surface area contributed by atoms with Crippen molar-refractivity contribution in [1.82, 2.24) is 0 Å². The molecule has 0 spiro atoms. The Morgan fingerprint density at radius 3 is 2.55 bits per heavy atom. The molecule has 5 heteroatoms. The van der Waals surface area contributed by atoms with E-state index in [0.717, 1.165) is 35.3 Å². The van der Waals surface area contributed by atoms with Crippen LogP contribution in [0.3, 0.4) is 0 Å². The van der Waals surface area contributed by atoms with Crippen molar-refractivity contribution in [2.45, 2.75) is 70.3 Å². The van der Waals surface area contributed by atoms with Crippen LogP contribution < -0.4 is 9.47 Å². The van der Waals surface area contributed by atoms with E-state index in [-0.39, 0.29) is 18.2 Å². The first-order valence-corrected chi connectivity index (χ1v) is 13.8. The van der Waals surface area contributed by atoms with E-state index in [1.807, 2.05) is 36.4 Å². The average molecular weight is 517 g/mol. The minimum atomic E-state index is -0.761. The second kappa shape index (κ2) is 11.6. The largest absolute Gasteiger partial charge is 0.497 e. The third-order valence-corrected chi connectivity index (χ3v) is 8.31. The summed E-state index contributed by atoms with van der Waals surface area (Å²) < 4.78 is 26.6. The second-order valence-electron chi connectivity index (χ2n) is 11.1. The molecule has 5 rings (SSSR count). The van der Waals surface area contributed by atoms with E-state index in [1.165, 1.54) is 37.3 Å². The Hall–Kier alpha value is -3.34. The number of hydrogen-bond donors (Lipinski definition) is 1. The number of rotatable bonds is 11. The molecule has 38 heavy (non-hydrogen) atoms. The summed E-state index contributed by atoms with van der Waals surface area (Å²) >= 11 is 0. The van der Waals surface area contributed by atoms with Crippen LogP contribution in [-0.4, -0.2) is 18.2 Å². The van der Waals surface area contributed by atoms with Gasteiger partial charge in [-0.05, 0) is 89.1 Å². The van der Waals surface area contributed by atoms with Gasteiger partial charge in [-0.3, -0.25) is 4.79 Å². The number of methoxy groups -OCH3 is 1. The number of carboxylic acids is 1. The molecule has 0 aliphatic heterocycles. The molecule has 2 saturated carbocycles. The van der Waals surface area contributed by atoms with Crippen molar-refractivity contribution in [3.8, 4) is 22.6 Å². The van der Waals surface area contributed by atoms with Gasteiger partial charge in [0.2, 0.25) is 0 Å². The molecule has 0 aromatic heterocycles. The quantitative estimate of drug-likeness (QED) is 0.278. The summed E-state index contributed by atoms with van der Waals surface area (Å²) in [7, 11) is 1.60. The van der Waals surface area contributed by atoms with E-state index in [0.29, 0.717) is 35.7 Å². The predicted octanol–water partition coefficient (Wildman–Crippen LogP) is 8.34. The first-order valence-electron chi connectivity index (χ1n) is 13.8. The first-order chi connectivity index (χ1) is 18.4. The summed E-state index contributed by atoms with van der Waals surface area (Å²) in [5.74, 6) is 1.94. The maximum Gasteiger partial charge on any atom is 0.303 e. The van der Waals surface area contributed by atoms with E-state index in [2.05, 4.69) is 13.0 Å². The standard InChI is InChI=1S/C33H37FO4/c1-21-5-3-8-28(21)30-16-23(11-13-29(30)31-19-26(37-2)12-14-32(31)34)20-38-27-7-4-6-24(17-27)25(18-33(35)36)15-22-9-10-22/h4,6-7,11-14,16-17,19,21-22,25,28H,3,5,8-10,15,18,20H2,1-2H3,(H,35,36)/t21-,25-,28-/m0/s1. The van der Waals surface area contributed by atoms with Crippen LogP contribution in [0.2, 0.25) is 0 Å². The lowest BCUT2D eigenvalue weighted by Gasteiger charge is -2.22. The van der Waals surface area contributed by atoms with Gasteiger partial charge in [-0.2, -0.15) is 0 Å². The van der Waals surface area contributed by atoms with Gasteiger partial charge in [0.25, 0.3) is 0 Å². The molecule has 1 N–H and O–H groups in total. The van der Waals surface area contributed by atoms with Gasteiger partial charge in [0.15, 0.2) is 0 Å². The minimum Gasteiger partial charge on any atom is -0.497 e. The number of hydrogen-bond acceptors (Lipinski definition) is 3. The zero-order chi connectivity index (χ0) is 26.6. The third-order valence-electron chi connectivity index (χ3n) is 8.31. The zero-order valence-corrected chi connectivity index (χ0v) is 22.3. The molecule has 3 aromatic carbocycles. The second-order valence-corrected chi connectivity index (χ2v) is 11.1. The zero-order valence-electron chi connectivity index (χ0n) is 22.3. The van der Waals surface area contributed by atoms with E-state index in [1.54, 1.807) is 19.2 Å². The summed E-state index contributed by atoms with van der Waals surface area (Å²) in [6.45, 7) is 2.68. The van der Waals surface area contributed by atoms with Gasteiger partial charge in [0, 0.05) is 5.56 Å². The van der Waals surface area contributed by atoms with Crippen LogP contribution in [0.4, 0.5) is 4.39 Å². The molecule has 0 heterocycles.